The van der Waals surface area contributed by atoms with Crippen LogP contribution in [0.2, 0.25) is 0 Å². The molecule has 0 saturated carbocycles. The quantitative estimate of drug-likeness (QED) is 0.771. The number of likely N-dealkylation sites (tertiary alicyclic amines) is 1. The van der Waals surface area contributed by atoms with Crippen molar-refractivity contribution in [1.29, 1.82) is 0 Å². The molecule has 3 heterocycles. The van der Waals surface area contributed by atoms with Crippen molar-refractivity contribution in [2.24, 2.45) is 0 Å². The van der Waals surface area contributed by atoms with Gasteiger partial charge in [-0.1, -0.05) is 11.8 Å². The average Bonchev–Trinajstić information content (AvgIpc) is 3.32. The summed E-state index contributed by atoms with van der Waals surface area (Å²) in [4.78, 5) is 14.4. The van der Waals surface area contributed by atoms with Crippen LogP contribution < -0.4 is 5.32 Å². The van der Waals surface area contributed by atoms with E-state index in [-0.39, 0.29) is 11.9 Å². The number of hydrogen-bond donors (Lipinski definition) is 1. The van der Waals surface area contributed by atoms with Gasteiger partial charge in [-0.15, -0.1) is 10.2 Å². The van der Waals surface area contributed by atoms with Crippen molar-refractivity contribution in [2.45, 2.75) is 44.1 Å². The first-order valence-electron chi connectivity index (χ1n) is 8.23. The highest BCUT2D eigenvalue weighted by Crippen LogP contribution is 2.31. The Morgan fingerprint density at radius 3 is 3.08 bits per heavy atom. The van der Waals surface area contributed by atoms with Gasteiger partial charge in [0.05, 0.1) is 25.4 Å². The smallest absolute Gasteiger partial charge is 0.234 e. The minimum Gasteiger partial charge on any atom is -0.467 e. The Labute approximate surface area is 145 Å². The molecular formula is C16H23N5O2S. The van der Waals surface area contributed by atoms with E-state index in [1.807, 2.05) is 18.4 Å². The molecule has 1 saturated heterocycles. The third kappa shape index (κ3) is 3.64. The molecule has 7 nitrogen and oxygen atoms in total. The van der Waals surface area contributed by atoms with Crippen molar-refractivity contribution in [3.05, 3.63) is 30.0 Å². The zero-order valence-corrected chi connectivity index (χ0v) is 14.9. The second kappa shape index (κ2) is 7.85. The number of nitrogens with zero attached hydrogens (tertiary/aromatic N) is 4. The predicted octanol–water partition coefficient (Wildman–Crippen LogP) is 2.07. The highest BCUT2D eigenvalue weighted by molar-refractivity contribution is 7.98. The van der Waals surface area contributed by atoms with Gasteiger partial charge in [-0.05, 0) is 44.7 Å². The van der Waals surface area contributed by atoms with Crippen LogP contribution in [0.25, 0.3) is 0 Å². The van der Waals surface area contributed by atoms with Gasteiger partial charge in [0.25, 0.3) is 0 Å². The maximum Gasteiger partial charge on any atom is 0.234 e. The van der Waals surface area contributed by atoms with E-state index in [2.05, 4.69) is 31.9 Å². The maximum atomic E-state index is 12.2. The summed E-state index contributed by atoms with van der Waals surface area (Å²) in [5.41, 5.74) is 0. The fourth-order valence-corrected chi connectivity index (χ4v) is 3.71. The minimum atomic E-state index is 0.00551. The molecule has 1 fully saturated rings. The van der Waals surface area contributed by atoms with Crippen molar-refractivity contribution in [3.63, 3.8) is 0 Å². The molecule has 0 radical (unpaired) electrons. The lowest BCUT2D eigenvalue weighted by atomic mass is 10.2. The number of nitrogens with one attached hydrogen (secondary N) is 1. The van der Waals surface area contributed by atoms with Crippen LogP contribution in [0, 0.1) is 0 Å². The molecule has 8 heteroatoms. The normalized spacial score (nSPS) is 18.2. The Kier molecular flexibility index (Phi) is 5.57. The summed E-state index contributed by atoms with van der Waals surface area (Å²) in [6.45, 7) is 4.64. The molecule has 130 valence electrons. The van der Waals surface area contributed by atoms with Crippen LogP contribution in [0.4, 0.5) is 0 Å². The first kappa shape index (κ1) is 17.0. The fourth-order valence-electron chi connectivity index (χ4n) is 3.14. The second-order valence-corrected chi connectivity index (χ2v) is 6.55. The van der Waals surface area contributed by atoms with Crippen LogP contribution in [0.1, 0.15) is 37.4 Å². The van der Waals surface area contributed by atoms with E-state index >= 15 is 0 Å². The summed E-state index contributed by atoms with van der Waals surface area (Å²) in [6.07, 6.45) is 5.70. The van der Waals surface area contributed by atoms with Crippen LogP contribution in [0.3, 0.4) is 0 Å². The van der Waals surface area contributed by atoms with Crippen LogP contribution in [0.15, 0.2) is 28.0 Å². The molecule has 1 N–H and O–H groups in total. The Hall–Kier alpha value is -1.80. The molecule has 0 spiro atoms. The summed E-state index contributed by atoms with van der Waals surface area (Å²) < 4.78 is 7.38. The van der Waals surface area contributed by atoms with Gasteiger partial charge < -0.3 is 14.3 Å². The van der Waals surface area contributed by atoms with E-state index in [0.717, 1.165) is 42.7 Å². The molecule has 0 aliphatic carbocycles. The summed E-state index contributed by atoms with van der Waals surface area (Å²) in [5, 5.41) is 12.5. The number of rotatable bonds is 7. The predicted molar refractivity (Wildman–Crippen MR) is 91.6 cm³/mol. The molecular weight excluding hydrogens is 326 g/mol. The zero-order chi connectivity index (χ0) is 16.9. The highest BCUT2D eigenvalue weighted by atomic mass is 32.2. The first-order valence-corrected chi connectivity index (χ1v) is 9.45. The number of amides is 1. The molecule has 1 aliphatic heterocycles. The third-order valence-electron chi connectivity index (χ3n) is 4.29. The second-order valence-electron chi connectivity index (χ2n) is 5.77. The number of hydrogen-bond acceptors (Lipinski definition) is 6. The van der Waals surface area contributed by atoms with E-state index in [4.69, 9.17) is 4.42 Å². The van der Waals surface area contributed by atoms with E-state index in [9.17, 15) is 4.79 Å². The lowest BCUT2D eigenvalue weighted by Crippen LogP contribution is -2.37. The maximum absolute atomic E-state index is 12.2. The van der Waals surface area contributed by atoms with Crippen LogP contribution >= 0.6 is 11.8 Å². The van der Waals surface area contributed by atoms with Crippen LogP contribution in [-0.4, -0.2) is 44.9 Å². The topological polar surface area (TPSA) is 76.2 Å². The monoisotopic (exact) mass is 349 g/mol. The average molecular weight is 349 g/mol. The number of thioether (sulfide) groups is 1. The molecule has 3 rings (SSSR count). The molecule has 1 unspecified atom stereocenters. The van der Waals surface area contributed by atoms with E-state index in [1.165, 1.54) is 0 Å². The molecule has 1 atom stereocenters. The summed E-state index contributed by atoms with van der Waals surface area (Å²) in [5.74, 6) is 1.74. The van der Waals surface area contributed by atoms with Gasteiger partial charge >= 0.3 is 0 Å². The van der Waals surface area contributed by atoms with Gasteiger partial charge in [0.2, 0.25) is 5.91 Å². The number of furan rings is 1. The van der Waals surface area contributed by atoms with Gasteiger partial charge in [-0.2, -0.15) is 0 Å². The Morgan fingerprint density at radius 1 is 1.50 bits per heavy atom. The van der Waals surface area contributed by atoms with Crippen molar-refractivity contribution < 1.29 is 9.21 Å². The lowest BCUT2D eigenvalue weighted by molar-refractivity contribution is -0.122. The van der Waals surface area contributed by atoms with Crippen LogP contribution in [0.5, 0.6) is 0 Å². The lowest BCUT2D eigenvalue weighted by Gasteiger charge is -2.23. The van der Waals surface area contributed by atoms with E-state index in [0.29, 0.717) is 13.1 Å². The fraction of sp³-hybridized carbons (Fsp3) is 0.562. The molecule has 1 amide bonds. The zero-order valence-electron chi connectivity index (χ0n) is 14.1. The van der Waals surface area contributed by atoms with E-state index < -0.39 is 0 Å². The van der Waals surface area contributed by atoms with Crippen molar-refractivity contribution in [3.8, 4) is 0 Å². The van der Waals surface area contributed by atoms with Gasteiger partial charge in [0, 0.05) is 6.54 Å². The summed E-state index contributed by atoms with van der Waals surface area (Å²) >= 11 is 1.60. The summed E-state index contributed by atoms with van der Waals surface area (Å²) in [7, 11) is 0. The van der Waals surface area contributed by atoms with Crippen molar-refractivity contribution in [1.82, 2.24) is 25.0 Å². The van der Waals surface area contributed by atoms with Crippen molar-refractivity contribution >= 4 is 17.7 Å². The molecule has 24 heavy (non-hydrogen) atoms. The number of carbonyl (C=O) groups is 1. The number of carbonyl (C=O) groups excluding carboxylic acids is 1. The van der Waals surface area contributed by atoms with Gasteiger partial charge in [-0.3, -0.25) is 9.69 Å². The van der Waals surface area contributed by atoms with Gasteiger partial charge in [0.1, 0.15) is 5.76 Å². The standard InChI is InChI=1S/C16H23N5O2S/c1-3-21-15(18-19-16(21)24-2)13-7-4-8-20(13)11-14(22)17-10-12-6-5-9-23-12/h5-6,9,13H,3-4,7-8,10-11H2,1-2H3,(H,17,22). The molecule has 0 aromatic carbocycles. The van der Waals surface area contributed by atoms with E-state index in [1.54, 1.807) is 18.0 Å². The Bertz CT molecular complexity index is 670. The van der Waals surface area contributed by atoms with Gasteiger partial charge in [0.15, 0.2) is 11.0 Å². The highest BCUT2D eigenvalue weighted by Gasteiger charge is 2.31. The molecule has 0 bridgehead atoms. The summed E-state index contributed by atoms with van der Waals surface area (Å²) in [6, 6.07) is 3.83. The third-order valence-corrected chi connectivity index (χ3v) is 4.96. The molecule has 1 aliphatic rings. The first-order chi connectivity index (χ1) is 11.7. The Morgan fingerprint density at radius 2 is 2.38 bits per heavy atom. The molecule has 2 aromatic heterocycles. The molecule has 2 aromatic rings. The SMILES string of the molecule is CCn1c(SC)nnc1C1CCCN1CC(=O)NCc1ccco1. The minimum absolute atomic E-state index is 0.00551. The van der Waals surface area contributed by atoms with Crippen molar-refractivity contribution in [2.75, 3.05) is 19.3 Å². The van der Waals surface area contributed by atoms with Gasteiger partial charge in [-0.25, -0.2) is 0 Å². The number of aromatic nitrogens is 3. The Balaban J connectivity index is 1.63. The van der Waals surface area contributed by atoms with Crippen LogP contribution in [-0.2, 0) is 17.9 Å². The largest absolute Gasteiger partial charge is 0.467 e.